The molecule has 1 atom stereocenters. The van der Waals surface area contributed by atoms with E-state index < -0.39 is 6.10 Å². The van der Waals surface area contributed by atoms with Crippen LogP contribution >= 0.6 is 11.3 Å². The van der Waals surface area contributed by atoms with Crippen LogP contribution in [0.5, 0.6) is 0 Å². The molecule has 0 saturated carbocycles. The molecule has 0 fully saturated rings. The average molecular weight is 318 g/mol. The van der Waals surface area contributed by atoms with Gasteiger partial charge < -0.3 is 10.4 Å². The molecule has 2 N–H and O–H groups in total. The van der Waals surface area contributed by atoms with Gasteiger partial charge in [0.1, 0.15) is 4.88 Å². The maximum atomic E-state index is 12.2. The van der Waals surface area contributed by atoms with E-state index in [1.54, 1.807) is 0 Å². The van der Waals surface area contributed by atoms with Gasteiger partial charge >= 0.3 is 0 Å². The Labute approximate surface area is 135 Å². The third-order valence-electron chi connectivity index (χ3n) is 3.37. The number of thiazole rings is 1. The smallest absolute Gasteiger partial charge is 0.263 e. The highest BCUT2D eigenvalue weighted by Crippen LogP contribution is 2.20. The highest BCUT2D eigenvalue weighted by atomic mass is 32.1. The highest BCUT2D eigenvalue weighted by Gasteiger charge is 2.16. The van der Waals surface area contributed by atoms with Gasteiger partial charge in [-0.2, -0.15) is 0 Å². The molecule has 5 heteroatoms. The highest BCUT2D eigenvalue weighted by molar-refractivity contribution is 7.13. The molecule has 22 heavy (non-hydrogen) atoms. The van der Waals surface area contributed by atoms with Crippen molar-refractivity contribution in [2.45, 2.75) is 39.2 Å². The minimum absolute atomic E-state index is 0.149. The summed E-state index contributed by atoms with van der Waals surface area (Å²) in [5, 5.41) is 13.4. The predicted molar refractivity (Wildman–Crippen MR) is 89.3 cm³/mol. The van der Waals surface area contributed by atoms with Crippen molar-refractivity contribution in [2.24, 2.45) is 0 Å². The Kier molecular flexibility index (Phi) is 6.10. The van der Waals surface area contributed by atoms with E-state index in [2.05, 4.69) is 22.4 Å². The van der Waals surface area contributed by atoms with Crippen molar-refractivity contribution in [3.8, 4) is 0 Å². The van der Waals surface area contributed by atoms with E-state index in [1.807, 2.05) is 32.0 Å². The summed E-state index contributed by atoms with van der Waals surface area (Å²) >= 11 is 1.42. The molecule has 0 radical (unpaired) electrons. The summed E-state index contributed by atoms with van der Waals surface area (Å²) in [6.45, 7) is 4.15. The number of aryl methyl sites for hydroxylation is 1. The number of carbonyl (C=O) groups is 1. The van der Waals surface area contributed by atoms with Crippen LogP contribution in [0.4, 0.5) is 0 Å². The van der Waals surface area contributed by atoms with Crippen molar-refractivity contribution in [1.82, 2.24) is 10.3 Å². The summed E-state index contributed by atoms with van der Waals surface area (Å²) in [5.41, 5.74) is 1.93. The number of benzene rings is 1. The average Bonchev–Trinajstić information content (AvgIpc) is 2.87. The Morgan fingerprint density at radius 2 is 2.09 bits per heavy atom. The first-order chi connectivity index (χ1) is 10.6. The van der Waals surface area contributed by atoms with Crippen molar-refractivity contribution >= 4 is 17.2 Å². The summed E-state index contributed by atoms with van der Waals surface area (Å²) in [7, 11) is 0. The van der Waals surface area contributed by atoms with Crippen molar-refractivity contribution in [2.75, 3.05) is 6.54 Å². The van der Waals surface area contributed by atoms with Crippen LogP contribution in [0.15, 0.2) is 30.3 Å². The van der Waals surface area contributed by atoms with Crippen molar-refractivity contribution in [1.29, 1.82) is 0 Å². The summed E-state index contributed by atoms with van der Waals surface area (Å²) < 4.78 is 0. The first-order valence-electron chi connectivity index (χ1n) is 7.56. The molecule has 2 aromatic rings. The second-order valence-electron chi connectivity index (χ2n) is 5.34. The number of nitrogens with one attached hydrogen (secondary N) is 1. The molecule has 0 aliphatic rings. The Bertz CT molecular complexity index is 610. The topological polar surface area (TPSA) is 62.2 Å². The lowest BCUT2D eigenvalue weighted by atomic mass is 10.2. The quantitative estimate of drug-likeness (QED) is 0.825. The number of aliphatic hydroxyl groups is 1. The van der Waals surface area contributed by atoms with Crippen LogP contribution in [0.2, 0.25) is 0 Å². The van der Waals surface area contributed by atoms with Gasteiger partial charge in [-0.05, 0) is 18.9 Å². The second kappa shape index (κ2) is 8.06. The molecule has 0 aliphatic carbocycles. The lowest BCUT2D eigenvalue weighted by Crippen LogP contribution is -2.31. The Morgan fingerprint density at radius 3 is 2.77 bits per heavy atom. The van der Waals surface area contributed by atoms with Crippen LogP contribution in [0, 0.1) is 6.92 Å². The van der Waals surface area contributed by atoms with E-state index in [9.17, 15) is 9.90 Å². The largest absolute Gasteiger partial charge is 0.391 e. The van der Waals surface area contributed by atoms with Crippen molar-refractivity contribution in [3.05, 3.63) is 51.5 Å². The molecular weight excluding hydrogens is 296 g/mol. The lowest BCUT2D eigenvalue weighted by molar-refractivity contribution is 0.0913. The molecule has 1 aromatic carbocycles. The lowest BCUT2D eigenvalue weighted by Gasteiger charge is -2.09. The zero-order valence-electron chi connectivity index (χ0n) is 13.0. The number of carbonyl (C=O) groups excluding carboxylic acids is 1. The normalized spacial score (nSPS) is 12.1. The maximum absolute atomic E-state index is 12.2. The zero-order chi connectivity index (χ0) is 15.9. The summed E-state index contributed by atoms with van der Waals surface area (Å²) in [4.78, 5) is 17.3. The van der Waals surface area contributed by atoms with Crippen LogP contribution < -0.4 is 5.32 Å². The molecule has 0 saturated heterocycles. The van der Waals surface area contributed by atoms with Gasteiger partial charge in [0.25, 0.3) is 5.91 Å². The van der Waals surface area contributed by atoms with Gasteiger partial charge in [0, 0.05) is 13.0 Å². The number of amides is 1. The van der Waals surface area contributed by atoms with Crippen LogP contribution in [0.25, 0.3) is 0 Å². The minimum atomic E-state index is -0.481. The fourth-order valence-corrected chi connectivity index (χ4v) is 3.25. The number of rotatable bonds is 7. The molecule has 0 bridgehead atoms. The first kappa shape index (κ1) is 16.6. The van der Waals surface area contributed by atoms with E-state index in [0.29, 0.717) is 11.3 Å². The van der Waals surface area contributed by atoms with Crippen molar-refractivity contribution in [3.63, 3.8) is 0 Å². The number of aromatic nitrogens is 1. The Morgan fingerprint density at radius 1 is 1.36 bits per heavy atom. The molecule has 2 rings (SSSR count). The monoisotopic (exact) mass is 318 g/mol. The predicted octanol–water partition coefficient (Wildman–Crippen LogP) is 2.93. The Hall–Kier alpha value is -1.72. The van der Waals surface area contributed by atoms with E-state index in [1.165, 1.54) is 16.9 Å². The second-order valence-corrected chi connectivity index (χ2v) is 6.42. The van der Waals surface area contributed by atoms with Gasteiger partial charge in [-0.1, -0.05) is 43.7 Å². The standard InChI is InChI=1S/C17H22N2O2S/c1-3-7-14(20)11-18-17(21)16-12(2)19-15(22-16)10-13-8-5-4-6-9-13/h4-6,8-9,14,20H,3,7,10-11H2,1-2H3,(H,18,21). The van der Waals surface area contributed by atoms with Crippen LogP contribution in [-0.2, 0) is 6.42 Å². The van der Waals surface area contributed by atoms with Gasteiger partial charge in [-0.3, -0.25) is 4.79 Å². The SMILES string of the molecule is CCCC(O)CNC(=O)c1sc(Cc2ccccc2)nc1C. The van der Waals surface area contributed by atoms with Crippen LogP contribution in [0.1, 0.15) is 45.7 Å². The van der Waals surface area contributed by atoms with E-state index in [-0.39, 0.29) is 12.5 Å². The molecule has 1 heterocycles. The van der Waals surface area contributed by atoms with E-state index in [4.69, 9.17) is 0 Å². The van der Waals surface area contributed by atoms with E-state index >= 15 is 0 Å². The number of hydrogen-bond acceptors (Lipinski definition) is 4. The van der Waals surface area contributed by atoms with Crippen LogP contribution in [-0.4, -0.2) is 28.6 Å². The fraction of sp³-hybridized carbons (Fsp3) is 0.412. The molecule has 1 aromatic heterocycles. The Balaban J connectivity index is 1.98. The zero-order valence-corrected chi connectivity index (χ0v) is 13.8. The molecule has 0 aliphatic heterocycles. The van der Waals surface area contributed by atoms with Gasteiger partial charge in [0.05, 0.1) is 16.8 Å². The molecule has 0 spiro atoms. The van der Waals surface area contributed by atoms with Crippen LogP contribution in [0.3, 0.4) is 0 Å². The van der Waals surface area contributed by atoms with Gasteiger partial charge in [0.2, 0.25) is 0 Å². The first-order valence-corrected chi connectivity index (χ1v) is 8.38. The third-order valence-corrected chi connectivity index (χ3v) is 4.52. The molecule has 1 amide bonds. The molecule has 118 valence electrons. The fourth-order valence-electron chi connectivity index (χ4n) is 2.24. The number of aliphatic hydroxyl groups excluding tert-OH is 1. The van der Waals surface area contributed by atoms with Crippen molar-refractivity contribution < 1.29 is 9.90 Å². The summed E-state index contributed by atoms with van der Waals surface area (Å²) in [5.74, 6) is -0.149. The summed E-state index contributed by atoms with van der Waals surface area (Å²) in [6, 6.07) is 10.1. The van der Waals surface area contributed by atoms with Gasteiger partial charge in [-0.15, -0.1) is 11.3 Å². The van der Waals surface area contributed by atoms with E-state index in [0.717, 1.165) is 23.5 Å². The number of nitrogens with zero attached hydrogens (tertiary/aromatic N) is 1. The van der Waals surface area contributed by atoms with Gasteiger partial charge in [0.15, 0.2) is 0 Å². The molecule has 1 unspecified atom stereocenters. The maximum Gasteiger partial charge on any atom is 0.263 e. The molecular formula is C17H22N2O2S. The molecule has 4 nitrogen and oxygen atoms in total. The number of hydrogen-bond donors (Lipinski definition) is 2. The summed E-state index contributed by atoms with van der Waals surface area (Å²) in [6.07, 6.45) is 1.85. The third kappa shape index (κ3) is 4.64. The minimum Gasteiger partial charge on any atom is -0.391 e. The van der Waals surface area contributed by atoms with Gasteiger partial charge in [-0.25, -0.2) is 4.98 Å².